The average molecular weight is 475 g/mol. The molecular formula is C20H34IN3O2. The maximum absolute atomic E-state index is 6.09. The van der Waals surface area contributed by atoms with Crippen molar-refractivity contribution in [2.24, 2.45) is 21.7 Å². The molecule has 5 aliphatic rings. The Kier molecular flexibility index (Phi) is 5.47. The van der Waals surface area contributed by atoms with Crippen molar-refractivity contribution in [1.29, 1.82) is 0 Å². The largest absolute Gasteiger partial charge is 0.381 e. The van der Waals surface area contributed by atoms with Gasteiger partial charge in [-0.15, -0.1) is 24.0 Å². The third-order valence-corrected chi connectivity index (χ3v) is 7.92. The number of aliphatic imine (C=N–C) groups is 1. The van der Waals surface area contributed by atoms with E-state index in [1.165, 1.54) is 50.9 Å². The fourth-order valence-corrected chi connectivity index (χ4v) is 6.31. The first-order valence-electron chi connectivity index (χ1n) is 10.5. The molecule has 0 amide bonds. The van der Waals surface area contributed by atoms with Crippen LogP contribution in [0.2, 0.25) is 0 Å². The molecule has 0 radical (unpaired) electrons. The summed E-state index contributed by atoms with van der Waals surface area (Å²) in [6.07, 6.45) is 9.54. The number of fused-ring (bicyclic) bond motifs is 2. The highest BCUT2D eigenvalue weighted by Gasteiger charge is 2.67. The van der Waals surface area contributed by atoms with E-state index in [2.05, 4.69) is 17.1 Å². The Hall–Kier alpha value is -0.0800. The molecule has 5 nitrogen and oxygen atoms in total. The van der Waals surface area contributed by atoms with Crippen molar-refractivity contribution in [1.82, 2.24) is 10.2 Å². The molecule has 26 heavy (non-hydrogen) atoms. The van der Waals surface area contributed by atoms with Crippen LogP contribution in [0.4, 0.5) is 0 Å². The van der Waals surface area contributed by atoms with Crippen molar-refractivity contribution in [3.05, 3.63) is 0 Å². The maximum Gasteiger partial charge on any atom is 0.194 e. The van der Waals surface area contributed by atoms with Crippen LogP contribution in [0.15, 0.2) is 4.99 Å². The number of halogens is 1. The zero-order chi connectivity index (χ0) is 16.9. The molecule has 3 heterocycles. The number of hydrogen-bond acceptors (Lipinski definition) is 3. The van der Waals surface area contributed by atoms with Gasteiger partial charge in [0.2, 0.25) is 0 Å². The molecule has 5 rings (SSSR count). The van der Waals surface area contributed by atoms with E-state index >= 15 is 0 Å². The molecule has 3 unspecified atom stereocenters. The van der Waals surface area contributed by atoms with E-state index in [0.717, 1.165) is 39.5 Å². The number of nitrogens with zero attached hydrogens (tertiary/aromatic N) is 2. The van der Waals surface area contributed by atoms with Gasteiger partial charge in [0, 0.05) is 56.8 Å². The molecule has 3 saturated heterocycles. The Bertz CT molecular complexity index is 545. The van der Waals surface area contributed by atoms with Crippen LogP contribution in [0.25, 0.3) is 0 Å². The summed E-state index contributed by atoms with van der Waals surface area (Å²) in [7, 11) is 0. The minimum Gasteiger partial charge on any atom is -0.381 e. The first-order valence-corrected chi connectivity index (χ1v) is 10.5. The average Bonchev–Trinajstić information content (AvgIpc) is 3.17. The number of hydrogen-bond donors (Lipinski definition) is 1. The molecule has 2 saturated carbocycles. The molecule has 148 valence electrons. The standard InChI is InChI=1S/C20H33N3O2.HI/c1-2-21-18(23-10-7-19(14-23)8-12-24-13-9-19)22-16-15-4-11-25-17(15)20(16)5-3-6-20;/h15-17H,2-14H2,1H3,(H,21,22);1H. The molecule has 0 aromatic heterocycles. The van der Waals surface area contributed by atoms with Crippen LogP contribution in [0.3, 0.4) is 0 Å². The predicted octanol–water partition coefficient (Wildman–Crippen LogP) is 3.03. The zero-order valence-electron chi connectivity index (χ0n) is 16.0. The maximum atomic E-state index is 6.09. The molecule has 5 fully saturated rings. The molecule has 0 aromatic rings. The molecule has 3 atom stereocenters. The highest BCUT2D eigenvalue weighted by Crippen LogP contribution is 2.62. The lowest BCUT2D eigenvalue weighted by atomic mass is 9.46. The fourth-order valence-electron chi connectivity index (χ4n) is 6.31. The predicted molar refractivity (Wildman–Crippen MR) is 113 cm³/mol. The Morgan fingerprint density at radius 1 is 1.15 bits per heavy atom. The Labute approximate surface area is 174 Å². The van der Waals surface area contributed by atoms with Gasteiger partial charge in [0.15, 0.2) is 5.96 Å². The van der Waals surface area contributed by atoms with Crippen molar-refractivity contribution >= 4 is 29.9 Å². The fraction of sp³-hybridized carbons (Fsp3) is 0.950. The summed E-state index contributed by atoms with van der Waals surface area (Å²) in [5.41, 5.74) is 0.896. The van der Waals surface area contributed by atoms with Crippen molar-refractivity contribution in [3.8, 4) is 0 Å². The number of nitrogens with one attached hydrogen (secondary N) is 1. The van der Waals surface area contributed by atoms with Gasteiger partial charge in [0.25, 0.3) is 0 Å². The van der Waals surface area contributed by atoms with Gasteiger partial charge in [-0.1, -0.05) is 6.42 Å². The van der Waals surface area contributed by atoms with Crippen LogP contribution < -0.4 is 5.32 Å². The van der Waals surface area contributed by atoms with Crippen molar-refractivity contribution < 1.29 is 9.47 Å². The zero-order valence-corrected chi connectivity index (χ0v) is 18.4. The van der Waals surface area contributed by atoms with Gasteiger partial charge >= 0.3 is 0 Å². The summed E-state index contributed by atoms with van der Waals surface area (Å²) in [5, 5.41) is 3.95. The second kappa shape index (κ2) is 7.39. The van der Waals surface area contributed by atoms with E-state index in [0.29, 0.717) is 28.9 Å². The van der Waals surface area contributed by atoms with Gasteiger partial charge < -0.3 is 19.7 Å². The van der Waals surface area contributed by atoms with E-state index in [4.69, 9.17) is 14.5 Å². The second-order valence-electron chi connectivity index (χ2n) is 9.03. The van der Waals surface area contributed by atoms with E-state index in [9.17, 15) is 0 Å². The van der Waals surface area contributed by atoms with Gasteiger partial charge in [0.1, 0.15) is 0 Å². The van der Waals surface area contributed by atoms with Gasteiger partial charge in [0.05, 0.1) is 6.10 Å². The van der Waals surface area contributed by atoms with Crippen molar-refractivity contribution in [3.63, 3.8) is 0 Å². The van der Waals surface area contributed by atoms with E-state index in [-0.39, 0.29) is 24.0 Å². The normalized spacial score (nSPS) is 37.0. The monoisotopic (exact) mass is 475 g/mol. The van der Waals surface area contributed by atoms with Gasteiger partial charge in [-0.05, 0) is 50.9 Å². The molecular weight excluding hydrogens is 441 g/mol. The van der Waals surface area contributed by atoms with Gasteiger partial charge in [-0.3, -0.25) is 4.99 Å². The lowest BCUT2D eigenvalue weighted by molar-refractivity contribution is -0.171. The van der Waals surface area contributed by atoms with Crippen LogP contribution in [-0.2, 0) is 9.47 Å². The van der Waals surface area contributed by atoms with Crippen molar-refractivity contribution in [2.45, 2.75) is 64.0 Å². The van der Waals surface area contributed by atoms with Crippen LogP contribution >= 0.6 is 24.0 Å². The highest BCUT2D eigenvalue weighted by atomic mass is 127. The first-order chi connectivity index (χ1) is 12.3. The van der Waals surface area contributed by atoms with E-state index in [1.807, 2.05) is 0 Å². The summed E-state index contributed by atoms with van der Waals surface area (Å²) >= 11 is 0. The molecule has 2 aliphatic carbocycles. The Morgan fingerprint density at radius 3 is 2.65 bits per heavy atom. The summed E-state index contributed by atoms with van der Waals surface area (Å²) in [4.78, 5) is 7.45. The van der Waals surface area contributed by atoms with Gasteiger partial charge in [-0.2, -0.15) is 0 Å². The highest BCUT2D eigenvalue weighted by molar-refractivity contribution is 14.0. The van der Waals surface area contributed by atoms with Crippen molar-refractivity contribution in [2.75, 3.05) is 39.5 Å². The number of rotatable bonds is 2. The SMILES string of the molecule is CCN=C(NC1C2CCOC2C12CCC2)N1CCC2(CCOCC2)C1.I. The third kappa shape index (κ3) is 2.89. The molecule has 6 heteroatoms. The molecule has 0 aromatic carbocycles. The molecule has 3 aliphatic heterocycles. The van der Waals surface area contributed by atoms with E-state index < -0.39 is 0 Å². The minimum absolute atomic E-state index is 0. The number of likely N-dealkylation sites (tertiary alicyclic amines) is 1. The lowest BCUT2D eigenvalue weighted by Crippen LogP contribution is -2.72. The molecule has 1 N–H and O–H groups in total. The summed E-state index contributed by atoms with van der Waals surface area (Å²) < 4.78 is 11.7. The Balaban J connectivity index is 0.00000168. The van der Waals surface area contributed by atoms with Crippen LogP contribution in [0, 0.1) is 16.7 Å². The molecule has 0 bridgehead atoms. The molecule has 2 spiro atoms. The van der Waals surface area contributed by atoms with Gasteiger partial charge in [-0.25, -0.2) is 0 Å². The van der Waals surface area contributed by atoms with E-state index in [1.54, 1.807) is 0 Å². The summed E-state index contributed by atoms with van der Waals surface area (Å²) in [6.45, 7) is 8.16. The summed E-state index contributed by atoms with van der Waals surface area (Å²) in [6, 6.07) is 0.588. The number of guanidine groups is 1. The minimum atomic E-state index is 0. The summed E-state index contributed by atoms with van der Waals surface area (Å²) in [5.74, 6) is 1.88. The second-order valence-corrected chi connectivity index (χ2v) is 9.03. The topological polar surface area (TPSA) is 46.1 Å². The van der Waals surface area contributed by atoms with Crippen LogP contribution in [-0.4, -0.2) is 62.5 Å². The Morgan fingerprint density at radius 2 is 1.96 bits per heavy atom. The number of ether oxygens (including phenoxy) is 2. The quantitative estimate of drug-likeness (QED) is 0.379. The third-order valence-electron chi connectivity index (χ3n) is 7.92. The van der Waals surface area contributed by atoms with Crippen LogP contribution in [0.1, 0.15) is 51.9 Å². The smallest absolute Gasteiger partial charge is 0.194 e. The van der Waals surface area contributed by atoms with Crippen LogP contribution in [0.5, 0.6) is 0 Å². The first kappa shape index (κ1) is 19.2. The lowest BCUT2D eigenvalue weighted by Gasteiger charge is -2.63.